The first-order valence-electron chi connectivity index (χ1n) is 6.75. The number of methoxy groups -OCH3 is 1. The van der Waals surface area contributed by atoms with Crippen LogP contribution in [0.4, 0.5) is 0 Å². The smallest absolute Gasteiger partial charge is 0.0587 e. The zero-order valence-corrected chi connectivity index (χ0v) is 11.9. The third kappa shape index (κ3) is 5.34. The molecule has 17 heavy (non-hydrogen) atoms. The van der Waals surface area contributed by atoms with Crippen molar-refractivity contribution in [3.63, 3.8) is 0 Å². The number of ether oxygens (including phenoxy) is 1. The first-order valence-corrected chi connectivity index (χ1v) is 6.75. The van der Waals surface area contributed by atoms with E-state index in [0.717, 1.165) is 25.7 Å². The van der Waals surface area contributed by atoms with Crippen LogP contribution in [0.2, 0.25) is 0 Å². The maximum absolute atomic E-state index is 5.03. The molecule has 4 nitrogen and oxygen atoms in total. The lowest BCUT2D eigenvalue weighted by atomic mass is 10.0. The van der Waals surface area contributed by atoms with Crippen molar-refractivity contribution in [3.05, 3.63) is 0 Å². The molecular weight excluding hydrogens is 214 g/mol. The van der Waals surface area contributed by atoms with Crippen LogP contribution in [0.1, 0.15) is 19.8 Å². The molecule has 0 spiro atoms. The van der Waals surface area contributed by atoms with E-state index in [1.165, 1.54) is 25.9 Å². The van der Waals surface area contributed by atoms with Crippen LogP contribution in [-0.2, 0) is 4.74 Å². The minimum absolute atomic E-state index is 0.634. The number of likely N-dealkylation sites (tertiary alicyclic amines) is 1. The molecule has 102 valence electrons. The highest BCUT2D eigenvalue weighted by Gasteiger charge is 2.23. The van der Waals surface area contributed by atoms with E-state index >= 15 is 0 Å². The van der Waals surface area contributed by atoms with Gasteiger partial charge in [-0.2, -0.15) is 0 Å². The second-order valence-corrected chi connectivity index (χ2v) is 5.28. The predicted octanol–water partition coefficient (Wildman–Crippen LogP) is 0.637. The van der Waals surface area contributed by atoms with E-state index in [9.17, 15) is 0 Å². The molecule has 0 aromatic carbocycles. The lowest BCUT2D eigenvalue weighted by Crippen LogP contribution is -2.48. The third-order valence-corrected chi connectivity index (χ3v) is 3.78. The highest BCUT2D eigenvalue weighted by atomic mass is 16.5. The highest BCUT2D eigenvalue weighted by Crippen LogP contribution is 2.15. The van der Waals surface area contributed by atoms with E-state index in [4.69, 9.17) is 4.74 Å². The molecule has 1 unspecified atom stereocenters. The van der Waals surface area contributed by atoms with Crippen molar-refractivity contribution in [2.45, 2.75) is 31.8 Å². The molecule has 1 saturated heterocycles. The monoisotopic (exact) mass is 243 g/mol. The van der Waals surface area contributed by atoms with Crippen LogP contribution in [0.15, 0.2) is 0 Å². The molecule has 0 aliphatic carbocycles. The Kier molecular flexibility index (Phi) is 7.04. The number of nitrogens with one attached hydrogen (secondary N) is 1. The molecule has 1 N–H and O–H groups in total. The van der Waals surface area contributed by atoms with Crippen LogP contribution in [0, 0.1) is 0 Å². The Labute approximate surface area is 106 Å². The molecule has 1 atom stereocenters. The molecule has 1 rings (SSSR count). The average molecular weight is 243 g/mol. The fourth-order valence-electron chi connectivity index (χ4n) is 2.46. The largest absolute Gasteiger partial charge is 0.383 e. The van der Waals surface area contributed by atoms with Gasteiger partial charge in [0.05, 0.1) is 6.61 Å². The van der Waals surface area contributed by atoms with Gasteiger partial charge in [0.2, 0.25) is 0 Å². The highest BCUT2D eigenvalue weighted by molar-refractivity contribution is 4.80. The Morgan fingerprint density at radius 1 is 1.35 bits per heavy atom. The van der Waals surface area contributed by atoms with Crippen molar-refractivity contribution < 1.29 is 4.74 Å². The van der Waals surface area contributed by atoms with Gasteiger partial charge in [0.1, 0.15) is 0 Å². The van der Waals surface area contributed by atoms with Crippen LogP contribution in [0.25, 0.3) is 0 Å². The van der Waals surface area contributed by atoms with Crippen LogP contribution in [0.5, 0.6) is 0 Å². The van der Waals surface area contributed by atoms with Gasteiger partial charge in [-0.1, -0.05) is 0 Å². The first kappa shape index (κ1) is 14.9. The molecule has 0 saturated carbocycles. The summed E-state index contributed by atoms with van der Waals surface area (Å²) in [6.07, 6.45) is 2.60. The maximum atomic E-state index is 5.03. The van der Waals surface area contributed by atoms with Gasteiger partial charge in [-0.15, -0.1) is 0 Å². The van der Waals surface area contributed by atoms with Gasteiger partial charge in [-0.05, 0) is 47.0 Å². The minimum atomic E-state index is 0.634. The lowest BCUT2D eigenvalue weighted by Gasteiger charge is -2.38. The molecule has 0 aromatic rings. The van der Waals surface area contributed by atoms with E-state index < -0.39 is 0 Å². The first-order chi connectivity index (χ1) is 8.15. The summed E-state index contributed by atoms with van der Waals surface area (Å²) in [7, 11) is 6.13. The maximum Gasteiger partial charge on any atom is 0.0587 e. The molecule has 1 fully saturated rings. The van der Waals surface area contributed by atoms with Crippen LogP contribution in [0.3, 0.4) is 0 Å². The van der Waals surface area contributed by atoms with E-state index in [1.54, 1.807) is 7.11 Å². The Balaban J connectivity index is 2.14. The van der Waals surface area contributed by atoms with Gasteiger partial charge >= 0.3 is 0 Å². The van der Waals surface area contributed by atoms with E-state index in [-0.39, 0.29) is 0 Å². The van der Waals surface area contributed by atoms with E-state index in [2.05, 4.69) is 36.1 Å². The minimum Gasteiger partial charge on any atom is -0.383 e. The lowest BCUT2D eigenvalue weighted by molar-refractivity contribution is 0.112. The summed E-state index contributed by atoms with van der Waals surface area (Å²) in [5.41, 5.74) is 0. The standard InChI is InChI=1S/C13H29N3O/c1-12(11-14-7-10-17-4)16-8-5-13(6-9-16)15(2)3/h12-14H,5-11H2,1-4H3. The number of hydrogen-bond donors (Lipinski definition) is 1. The molecule has 0 amide bonds. The Morgan fingerprint density at radius 2 is 2.00 bits per heavy atom. The Morgan fingerprint density at radius 3 is 2.53 bits per heavy atom. The summed E-state index contributed by atoms with van der Waals surface area (Å²) in [5.74, 6) is 0. The van der Waals surface area contributed by atoms with Crippen molar-refractivity contribution >= 4 is 0 Å². The van der Waals surface area contributed by atoms with E-state index in [1.807, 2.05) is 0 Å². The molecule has 0 radical (unpaired) electrons. The molecule has 4 heteroatoms. The molecular formula is C13H29N3O. The second kappa shape index (κ2) is 8.03. The topological polar surface area (TPSA) is 27.7 Å². The SMILES string of the molecule is COCCNCC(C)N1CCC(N(C)C)CC1. The second-order valence-electron chi connectivity index (χ2n) is 5.28. The predicted molar refractivity (Wildman–Crippen MR) is 72.5 cm³/mol. The van der Waals surface area contributed by atoms with Gasteiger partial charge < -0.3 is 15.0 Å². The molecule has 0 aromatic heterocycles. The van der Waals surface area contributed by atoms with Crippen LogP contribution >= 0.6 is 0 Å². The zero-order valence-electron chi connectivity index (χ0n) is 11.9. The fraction of sp³-hybridized carbons (Fsp3) is 1.00. The number of nitrogens with zero attached hydrogens (tertiary/aromatic N) is 2. The van der Waals surface area contributed by atoms with Crippen molar-refractivity contribution in [1.82, 2.24) is 15.1 Å². The molecule has 1 aliphatic rings. The van der Waals surface area contributed by atoms with Crippen molar-refractivity contribution in [2.75, 3.05) is 54.0 Å². The zero-order chi connectivity index (χ0) is 12.7. The summed E-state index contributed by atoms with van der Waals surface area (Å²) in [4.78, 5) is 4.96. The summed E-state index contributed by atoms with van der Waals surface area (Å²) in [6.45, 7) is 7.60. The fourth-order valence-corrected chi connectivity index (χ4v) is 2.46. The Hall–Kier alpha value is -0.160. The van der Waals surface area contributed by atoms with Gasteiger partial charge in [0.25, 0.3) is 0 Å². The number of hydrogen-bond acceptors (Lipinski definition) is 4. The molecule has 1 aliphatic heterocycles. The van der Waals surface area contributed by atoms with Crippen LogP contribution in [-0.4, -0.2) is 75.9 Å². The van der Waals surface area contributed by atoms with E-state index in [0.29, 0.717) is 6.04 Å². The summed E-state index contributed by atoms with van der Waals surface area (Å²) < 4.78 is 5.03. The summed E-state index contributed by atoms with van der Waals surface area (Å²) >= 11 is 0. The average Bonchev–Trinajstić information content (AvgIpc) is 2.34. The van der Waals surface area contributed by atoms with Crippen molar-refractivity contribution in [2.24, 2.45) is 0 Å². The quantitative estimate of drug-likeness (QED) is 0.664. The van der Waals surface area contributed by atoms with Gasteiger partial charge in [0, 0.05) is 32.3 Å². The molecule has 0 bridgehead atoms. The van der Waals surface area contributed by atoms with Crippen molar-refractivity contribution in [1.29, 1.82) is 0 Å². The number of piperidine rings is 1. The number of rotatable bonds is 7. The summed E-state index contributed by atoms with van der Waals surface area (Å²) in [6, 6.07) is 1.41. The molecule has 1 heterocycles. The van der Waals surface area contributed by atoms with Gasteiger partial charge in [-0.3, -0.25) is 4.90 Å². The van der Waals surface area contributed by atoms with Crippen molar-refractivity contribution in [3.8, 4) is 0 Å². The van der Waals surface area contributed by atoms with Crippen LogP contribution < -0.4 is 5.32 Å². The van der Waals surface area contributed by atoms with Gasteiger partial charge in [-0.25, -0.2) is 0 Å². The Bertz CT molecular complexity index is 191. The van der Waals surface area contributed by atoms with Gasteiger partial charge in [0.15, 0.2) is 0 Å². The third-order valence-electron chi connectivity index (χ3n) is 3.78. The normalized spacial score (nSPS) is 21.0. The summed E-state index contributed by atoms with van der Waals surface area (Å²) in [5, 5.41) is 3.44.